The fraction of sp³-hybridized carbons (Fsp3) is 0.222. The maximum absolute atomic E-state index is 12.3. The Morgan fingerprint density at radius 2 is 1.91 bits per heavy atom. The van der Waals surface area contributed by atoms with Gasteiger partial charge in [-0.25, -0.2) is 0 Å². The average molecular weight is 294 g/mol. The zero-order valence-corrected chi connectivity index (χ0v) is 12.7. The first-order valence-electron chi connectivity index (χ1n) is 7.03. The molecule has 0 fully saturated rings. The first-order valence-corrected chi connectivity index (χ1v) is 7.03. The van der Waals surface area contributed by atoms with E-state index in [-0.39, 0.29) is 5.91 Å². The van der Waals surface area contributed by atoms with Gasteiger partial charge < -0.3 is 10.1 Å². The molecule has 0 aliphatic carbocycles. The second kappa shape index (κ2) is 7.28. The molecule has 1 amide bonds. The third kappa shape index (κ3) is 3.86. The molecular weight excluding hydrogens is 276 g/mol. The van der Waals surface area contributed by atoms with Crippen molar-refractivity contribution < 1.29 is 9.53 Å². The SMILES string of the molecule is COc1ccc(C[C@@H](C#N)C(=O)Nc2ccccc2C)cc1. The fourth-order valence-corrected chi connectivity index (χ4v) is 2.13. The lowest BCUT2D eigenvalue weighted by atomic mass is 9.99. The van der Waals surface area contributed by atoms with Crippen molar-refractivity contribution in [3.05, 3.63) is 59.7 Å². The Balaban J connectivity index is 2.06. The zero-order valence-electron chi connectivity index (χ0n) is 12.7. The lowest BCUT2D eigenvalue weighted by Crippen LogP contribution is -2.23. The molecule has 112 valence electrons. The van der Waals surface area contributed by atoms with Crippen LogP contribution in [0.5, 0.6) is 5.75 Å². The number of amides is 1. The number of nitrogens with zero attached hydrogens (tertiary/aromatic N) is 1. The highest BCUT2D eigenvalue weighted by Gasteiger charge is 2.19. The van der Waals surface area contributed by atoms with E-state index < -0.39 is 5.92 Å². The monoisotopic (exact) mass is 294 g/mol. The Kier molecular flexibility index (Phi) is 5.16. The molecule has 0 aliphatic rings. The van der Waals surface area contributed by atoms with E-state index in [4.69, 9.17) is 4.74 Å². The molecule has 0 radical (unpaired) electrons. The molecular formula is C18H18N2O2. The summed E-state index contributed by atoms with van der Waals surface area (Å²) < 4.78 is 5.10. The molecule has 0 aromatic heterocycles. The molecule has 0 heterocycles. The molecule has 2 rings (SSSR count). The van der Waals surface area contributed by atoms with Gasteiger partial charge in [0.2, 0.25) is 5.91 Å². The molecule has 2 aromatic rings. The van der Waals surface area contributed by atoms with Crippen molar-refractivity contribution in [1.29, 1.82) is 5.26 Å². The molecule has 0 spiro atoms. The summed E-state index contributed by atoms with van der Waals surface area (Å²) in [6.07, 6.45) is 0.373. The van der Waals surface area contributed by atoms with E-state index in [2.05, 4.69) is 11.4 Å². The van der Waals surface area contributed by atoms with Crippen LogP contribution >= 0.6 is 0 Å². The number of methoxy groups -OCH3 is 1. The minimum Gasteiger partial charge on any atom is -0.497 e. The highest BCUT2D eigenvalue weighted by atomic mass is 16.5. The number of hydrogen-bond acceptors (Lipinski definition) is 3. The largest absolute Gasteiger partial charge is 0.497 e. The normalized spacial score (nSPS) is 11.3. The molecule has 0 aliphatic heterocycles. The van der Waals surface area contributed by atoms with Gasteiger partial charge in [-0.1, -0.05) is 30.3 Å². The molecule has 22 heavy (non-hydrogen) atoms. The topological polar surface area (TPSA) is 62.1 Å². The fourth-order valence-electron chi connectivity index (χ4n) is 2.13. The first-order chi connectivity index (χ1) is 10.6. The minimum absolute atomic E-state index is 0.285. The third-order valence-corrected chi connectivity index (χ3v) is 3.47. The van der Waals surface area contributed by atoms with Gasteiger partial charge in [-0.2, -0.15) is 5.26 Å². The van der Waals surface area contributed by atoms with Gasteiger partial charge in [-0.15, -0.1) is 0 Å². The molecule has 4 nitrogen and oxygen atoms in total. The van der Waals surface area contributed by atoms with Crippen LogP contribution in [0.25, 0.3) is 0 Å². The Morgan fingerprint density at radius 1 is 1.23 bits per heavy atom. The van der Waals surface area contributed by atoms with E-state index in [1.165, 1.54) is 0 Å². The molecule has 0 saturated heterocycles. The second-order valence-electron chi connectivity index (χ2n) is 5.04. The van der Waals surface area contributed by atoms with Crippen LogP contribution in [0.15, 0.2) is 48.5 Å². The summed E-state index contributed by atoms with van der Waals surface area (Å²) >= 11 is 0. The van der Waals surface area contributed by atoms with Crippen molar-refractivity contribution >= 4 is 11.6 Å². The van der Waals surface area contributed by atoms with Crippen LogP contribution in [-0.4, -0.2) is 13.0 Å². The molecule has 2 aromatic carbocycles. The molecule has 0 unspecified atom stereocenters. The second-order valence-corrected chi connectivity index (χ2v) is 5.04. The number of carbonyl (C=O) groups is 1. The number of nitrogens with one attached hydrogen (secondary N) is 1. The van der Waals surface area contributed by atoms with Gasteiger partial charge in [0, 0.05) is 5.69 Å². The van der Waals surface area contributed by atoms with Gasteiger partial charge in [0.15, 0.2) is 0 Å². The number of nitriles is 1. The van der Waals surface area contributed by atoms with Crippen molar-refractivity contribution in [2.75, 3.05) is 12.4 Å². The summed E-state index contributed by atoms with van der Waals surface area (Å²) in [6.45, 7) is 1.92. The van der Waals surface area contributed by atoms with Crippen molar-refractivity contribution in [2.45, 2.75) is 13.3 Å². The van der Waals surface area contributed by atoms with Gasteiger partial charge in [-0.05, 0) is 42.7 Å². The Labute approximate surface area is 130 Å². The van der Waals surface area contributed by atoms with Crippen LogP contribution in [0.3, 0.4) is 0 Å². The Bertz CT molecular complexity index is 687. The van der Waals surface area contributed by atoms with E-state index >= 15 is 0 Å². The number of carbonyl (C=O) groups excluding carboxylic acids is 1. The Hall–Kier alpha value is -2.80. The van der Waals surface area contributed by atoms with Crippen molar-refractivity contribution in [3.8, 4) is 11.8 Å². The number of benzene rings is 2. The molecule has 0 bridgehead atoms. The van der Waals surface area contributed by atoms with Crippen molar-refractivity contribution in [2.24, 2.45) is 5.92 Å². The van der Waals surface area contributed by atoms with Gasteiger partial charge in [-0.3, -0.25) is 4.79 Å². The quantitative estimate of drug-likeness (QED) is 0.920. The number of ether oxygens (including phenoxy) is 1. The zero-order chi connectivity index (χ0) is 15.9. The standard InChI is InChI=1S/C18H18N2O2/c1-13-5-3-4-6-17(13)20-18(21)15(12-19)11-14-7-9-16(22-2)10-8-14/h3-10,15H,11H2,1-2H3,(H,20,21)/t15-/m0/s1. The lowest BCUT2D eigenvalue weighted by Gasteiger charge is -2.12. The summed E-state index contributed by atoms with van der Waals surface area (Å²) in [4.78, 5) is 12.3. The summed E-state index contributed by atoms with van der Waals surface area (Å²) in [7, 11) is 1.60. The average Bonchev–Trinajstić information content (AvgIpc) is 2.55. The maximum atomic E-state index is 12.3. The lowest BCUT2D eigenvalue weighted by molar-refractivity contribution is -0.118. The van der Waals surface area contributed by atoms with E-state index in [1.807, 2.05) is 55.5 Å². The summed E-state index contributed by atoms with van der Waals surface area (Å²) in [5, 5.41) is 12.1. The number of rotatable bonds is 5. The summed E-state index contributed by atoms with van der Waals surface area (Å²) in [5.74, 6) is -0.262. The molecule has 1 N–H and O–H groups in total. The van der Waals surface area contributed by atoms with Crippen LogP contribution in [-0.2, 0) is 11.2 Å². The van der Waals surface area contributed by atoms with Gasteiger partial charge in [0.05, 0.1) is 13.2 Å². The molecule has 4 heteroatoms. The van der Waals surface area contributed by atoms with Crippen LogP contribution < -0.4 is 10.1 Å². The third-order valence-electron chi connectivity index (χ3n) is 3.47. The predicted molar refractivity (Wildman–Crippen MR) is 85.6 cm³/mol. The van der Waals surface area contributed by atoms with E-state index in [9.17, 15) is 10.1 Å². The van der Waals surface area contributed by atoms with Crippen molar-refractivity contribution in [3.63, 3.8) is 0 Å². The minimum atomic E-state index is -0.729. The highest BCUT2D eigenvalue weighted by molar-refractivity contribution is 5.94. The molecule has 0 saturated carbocycles. The summed E-state index contributed by atoms with van der Waals surface area (Å²) in [6, 6.07) is 17.0. The highest BCUT2D eigenvalue weighted by Crippen LogP contribution is 2.18. The van der Waals surface area contributed by atoms with E-state index in [1.54, 1.807) is 7.11 Å². The Morgan fingerprint density at radius 3 is 2.50 bits per heavy atom. The van der Waals surface area contributed by atoms with Gasteiger partial charge in [0.25, 0.3) is 0 Å². The van der Waals surface area contributed by atoms with Crippen molar-refractivity contribution in [1.82, 2.24) is 0 Å². The van der Waals surface area contributed by atoms with Gasteiger partial charge >= 0.3 is 0 Å². The van der Waals surface area contributed by atoms with E-state index in [0.717, 1.165) is 22.6 Å². The summed E-state index contributed by atoms with van der Waals surface area (Å²) in [5.41, 5.74) is 2.63. The number of hydrogen-bond donors (Lipinski definition) is 1. The van der Waals surface area contributed by atoms with Crippen LogP contribution in [0, 0.1) is 24.2 Å². The number of para-hydroxylation sites is 1. The van der Waals surface area contributed by atoms with E-state index in [0.29, 0.717) is 6.42 Å². The van der Waals surface area contributed by atoms with Crippen LogP contribution in [0.2, 0.25) is 0 Å². The number of anilines is 1. The number of aryl methyl sites for hydroxylation is 1. The first kappa shape index (κ1) is 15.6. The smallest absolute Gasteiger partial charge is 0.242 e. The maximum Gasteiger partial charge on any atom is 0.242 e. The predicted octanol–water partition coefficient (Wildman–Crippen LogP) is 3.32. The van der Waals surface area contributed by atoms with Gasteiger partial charge in [0.1, 0.15) is 11.7 Å². The van der Waals surface area contributed by atoms with Crippen LogP contribution in [0.4, 0.5) is 5.69 Å². The molecule has 1 atom stereocenters. The van der Waals surface area contributed by atoms with Crippen LogP contribution in [0.1, 0.15) is 11.1 Å².